The van der Waals surface area contributed by atoms with E-state index in [-0.39, 0.29) is 46.0 Å². The van der Waals surface area contributed by atoms with Crippen LogP contribution in [0, 0.1) is 17.0 Å². The number of benzene rings is 2. The van der Waals surface area contributed by atoms with Crippen molar-refractivity contribution >= 4 is 52.2 Å². The van der Waals surface area contributed by atoms with Gasteiger partial charge in [-0.15, -0.1) is 0 Å². The fourth-order valence-corrected chi connectivity index (χ4v) is 3.33. The van der Waals surface area contributed by atoms with Gasteiger partial charge in [0.05, 0.1) is 21.4 Å². The minimum Gasteiger partial charge on any atom is -0.484 e. The van der Waals surface area contributed by atoms with Crippen LogP contribution in [0.3, 0.4) is 0 Å². The maximum absolute atomic E-state index is 12.3. The van der Waals surface area contributed by atoms with Gasteiger partial charge in [0, 0.05) is 12.1 Å². The van der Waals surface area contributed by atoms with Crippen LogP contribution in [0.5, 0.6) is 5.75 Å². The van der Waals surface area contributed by atoms with Gasteiger partial charge in [0.1, 0.15) is 17.3 Å². The standard InChI is InChI=1S/C18H14Cl2N4O5/c1-10-6-13(19)18(14(20)7-10)23-17(26)8-15(22-23)21-16(25)9-29-12-4-2-11(3-5-12)24(27)28/h2-7H,8-9H2,1H3,(H,21,22,25). The average Bonchev–Trinajstić information content (AvgIpc) is 2.99. The van der Waals surface area contributed by atoms with Gasteiger partial charge in [-0.25, -0.2) is 0 Å². The summed E-state index contributed by atoms with van der Waals surface area (Å²) in [5.41, 5.74) is 0.987. The van der Waals surface area contributed by atoms with E-state index in [1.165, 1.54) is 24.3 Å². The molecule has 11 heteroatoms. The summed E-state index contributed by atoms with van der Waals surface area (Å²) in [5, 5.41) is 18.8. The van der Waals surface area contributed by atoms with E-state index in [0.717, 1.165) is 10.6 Å². The molecule has 2 aromatic carbocycles. The van der Waals surface area contributed by atoms with E-state index in [1.54, 1.807) is 12.1 Å². The highest BCUT2D eigenvalue weighted by Gasteiger charge is 2.29. The predicted molar refractivity (Wildman–Crippen MR) is 107 cm³/mol. The van der Waals surface area contributed by atoms with Crippen LogP contribution in [0.25, 0.3) is 0 Å². The molecule has 2 aromatic rings. The van der Waals surface area contributed by atoms with Crippen molar-refractivity contribution in [3.63, 3.8) is 0 Å². The number of halogens is 2. The molecule has 0 radical (unpaired) electrons. The Balaban J connectivity index is 1.63. The smallest absolute Gasteiger partial charge is 0.269 e. The number of amidine groups is 1. The molecule has 150 valence electrons. The Morgan fingerprint density at radius 1 is 1.28 bits per heavy atom. The molecule has 1 N–H and O–H groups in total. The number of ether oxygens (including phenoxy) is 1. The molecule has 9 nitrogen and oxygen atoms in total. The Hall–Kier alpha value is -3.17. The number of nitro groups is 1. The number of carbonyl (C=O) groups excluding carboxylic acids is 2. The lowest BCUT2D eigenvalue weighted by Gasteiger charge is -2.15. The maximum Gasteiger partial charge on any atom is 0.269 e. The molecule has 29 heavy (non-hydrogen) atoms. The summed E-state index contributed by atoms with van der Waals surface area (Å²) < 4.78 is 5.27. The maximum atomic E-state index is 12.3. The molecule has 0 fully saturated rings. The van der Waals surface area contributed by atoms with Crippen molar-refractivity contribution in [2.75, 3.05) is 11.6 Å². The van der Waals surface area contributed by atoms with Crippen molar-refractivity contribution in [1.29, 1.82) is 0 Å². The number of carbonyl (C=O) groups is 2. The molecule has 3 rings (SSSR count). The summed E-state index contributed by atoms with van der Waals surface area (Å²) in [6, 6.07) is 8.59. The molecule has 0 spiro atoms. The fraction of sp³-hybridized carbons (Fsp3) is 0.167. The minimum atomic E-state index is -0.544. The van der Waals surface area contributed by atoms with Gasteiger partial charge in [0.2, 0.25) is 0 Å². The van der Waals surface area contributed by atoms with Crippen LogP contribution < -0.4 is 15.1 Å². The first-order valence-corrected chi connectivity index (χ1v) is 9.03. The molecular weight excluding hydrogens is 423 g/mol. The number of rotatable bonds is 5. The molecule has 2 amide bonds. The summed E-state index contributed by atoms with van der Waals surface area (Å²) in [6.45, 7) is 1.45. The van der Waals surface area contributed by atoms with Gasteiger partial charge in [0.15, 0.2) is 6.61 Å². The van der Waals surface area contributed by atoms with E-state index >= 15 is 0 Å². The lowest BCUT2D eigenvalue weighted by atomic mass is 10.2. The lowest BCUT2D eigenvalue weighted by Crippen LogP contribution is -2.33. The molecular formula is C18H14Cl2N4O5. The van der Waals surface area contributed by atoms with Crippen molar-refractivity contribution in [3.05, 3.63) is 62.1 Å². The van der Waals surface area contributed by atoms with Gasteiger partial charge in [-0.3, -0.25) is 19.7 Å². The van der Waals surface area contributed by atoms with Gasteiger partial charge in [-0.05, 0) is 36.8 Å². The van der Waals surface area contributed by atoms with Crippen molar-refractivity contribution in [1.82, 2.24) is 5.32 Å². The Morgan fingerprint density at radius 2 is 1.90 bits per heavy atom. The highest BCUT2D eigenvalue weighted by molar-refractivity contribution is 6.40. The number of nitrogens with one attached hydrogen (secondary N) is 1. The summed E-state index contributed by atoms with van der Waals surface area (Å²) in [6.07, 6.45) is -0.135. The van der Waals surface area contributed by atoms with Crippen LogP contribution in [0.1, 0.15) is 12.0 Å². The quantitative estimate of drug-likeness (QED) is 0.569. The van der Waals surface area contributed by atoms with Crippen molar-refractivity contribution < 1.29 is 19.2 Å². The van der Waals surface area contributed by atoms with Crippen molar-refractivity contribution in [2.24, 2.45) is 5.10 Å². The molecule has 0 aromatic heterocycles. The SMILES string of the molecule is Cc1cc(Cl)c(N2N=C(NC(=O)COc3ccc([N+](=O)[O-])cc3)CC2=O)c(Cl)c1. The topological polar surface area (TPSA) is 114 Å². The number of hydrogen-bond acceptors (Lipinski definition) is 6. The normalized spacial score (nSPS) is 13.3. The molecule has 0 atom stereocenters. The molecule has 0 saturated heterocycles. The molecule has 0 bridgehead atoms. The monoisotopic (exact) mass is 436 g/mol. The second-order valence-electron chi connectivity index (χ2n) is 6.09. The van der Waals surface area contributed by atoms with Gasteiger partial charge in [-0.1, -0.05) is 23.2 Å². The zero-order chi connectivity index (χ0) is 21.1. The van der Waals surface area contributed by atoms with E-state index in [0.29, 0.717) is 0 Å². The predicted octanol–water partition coefficient (Wildman–Crippen LogP) is 3.46. The summed E-state index contributed by atoms with van der Waals surface area (Å²) >= 11 is 12.4. The third-order valence-electron chi connectivity index (χ3n) is 3.85. The van der Waals surface area contributed by atoms with Gasteiger partial charge in [0.25, 0.3) is 17.5 Å². The third-order valence-corrected chi connectivity index (χ3v) is 4.43. The zero-order valence-electron chi connectivity index (χ0n) is 15.0. The number of nitrogens with zero attached hydrogens (tertiary/aromatic N) is 3. The van der Waals surface area contributed by atoms with Gasteiger partial charge in [-0.2, -0.15) is 10.1 Å². The molecule has 1 aliphatic heterocycles. The Labute approximate surface area is 175 Å². The third kappa shape index (κ3) is 4.82. The Kier molecular flexibility index (Phi) is 6.00. The highest BCUT2D eigenvalue weighted by atomic mass is 35.5. The molecule has 1 aliphatic rings. The van der Waals surface area contributed by atoms with Crippen LogP contribution in [0.15, 0.2) is 41.5 Å². The van der Waals surface area contributed by atoms with Crippen LogP contribution in [0.4, 0.5) is 11.4 Å². The van der Waals surface area contributed by atoms with Crippen LogP contribution >= 0.6 is 23.2 Å². The first-order chi connectivity index (χ1) is 13.7. The molecule has 1 heterocycles. The number of hydrogen-bond donors (Lipinski definition) is 1. The van der Waals surface area contributed by atoms with E-state index in [2.05, 4.69) is 10.4 Å². The minimum absolute atomic E-state index is 0.0888. The first-order valence-electron chi connectivity index (χ1n) is 8.28. The van der Waals surface area contributed by atoms with Gasteiger partial charge >= 0.3 is 0 Å². The molecule has 0 saturated carbocycles. The summed E-state index contributed by atoms with van der Waals surface area (Å²) in [4.78, 5) is 34.4. The van der Waals surface area contributed by atoms with Crippen LogP contribution in [-0.4, -0.2) is 29.2 Å². The number of nitro benzene ring substituents is 1. The fourth-order valence-electron chi connectivity index (χ4n) is 2.58. The van der Waals surface area contributed by atoms with Crippen LogP contribution in [0.2, 0.25) is 10.0 Å². The highest BCUT2D eigenvalue weighted by Crippen LogP contribution is 2.36. The van der Waals surface area contributed by atoms with E-state index in [9.17, 15) is 19.7 Å². The number of amides is 2. The Bertz CT molecular complexity index is 1000. The number of hydrazone groups is 1. The van der Waals surface area contributed by atoms with Crippen molar-refractivity contribution in [2.45, 2.75) is 13.3 Å². The van der Waals surface area contributed by atoms with Crippen LogP contribution in [-0.2, 0) is 9.59 Å². The zero-order valence-corrected chi connectivity index (χ0v) is 16.5. The number of aryl methyl sites for hydroxylation is 1. The lowest BCUT2D eigenvalue weighted by molar-refractivity contribution is -0.384. The van der Waals surface area contributed by atoms with E-state index < -0.39 is 16.7 Å². The summed E-state index contributed by atoms with van der Waals surface area (Å²) in [5.74, 6) is -0.530. The van der Waals surface area contributed by atoms with Crippen molar-refractivity contribution in [3.8, 4) is 5.75 Å². The average molecular weight is 437 g/mol. The number of non-ortho nitro benzene ring substituents is 1. The van der Waals surface area contributed by atoms with E-state index in [4.69, 9.17) is 27.9 Å². The summed E-state index contributed by atoms with van der Waals surface area (Å²) in [7, 11) is 0. The Morgan fingerprint density at radius 3 is 2.48 bits per heavy atom. The second-order valence-corrected chi connectivity index (χ2v) is 6.91. The molecule has 0 unspecified atom stereocenters. The second kappa shape index (κ2) is 8.46. The first kappa shape index (κ1) is 20.6. The molecule has 0 aliphatic carbocycles. The largest absolute Gasteiger partial charge is 0.484 e. The van der Waals surface area contributed by atoms with E-state index in [1.807, 2.05) is 6.92 Å². The van der Waals surface area contributed by atoms with Gasteiger partial charge < -0.3 is 10.1 Å². The number of anilines is 1.